The van der Waals surface area contributed by atoms with E-state index in [0.29, 0.717) is 0 Å². The highest BCUT2D eigenvalue weighted by atomic mass is 19.4. The lowest BCUT2D eigenvalue weighted by Gasteiger charge is -2.03. The predicted molar refractivity (Wildman–Crippen MR) is 46.1 cm³/mol. The molecule has 15 heavy (non-hydrogen) atoms. The van der Waals surface area contributed by atoms with Crippen molar-refractivity contribution in [3.05, 3.63) is 35.9 Å². The minimum atomic E-state index is -4.52. The van der Waals surface area contributed by atoms with Gasteiger partial charge < -0.3 is 5.11 Å². The largest absolute Gasteiger partial charge is 0.450 e. The van der Waals surface area contributed by atoms with Crippen molar-refractivity contribution in [2.45, 2.75) is 12.8 Å². The first-order chi connectivity index (χ1) is 7.04. The van der Waals surface area contributed by atoms with Crippen molar-refractivity contribution >= 4 is 5.52 Å². The van der Waals surface area contributed by atoms with Crippen LogP contribution >= 0.6 is 0 Å². The predicted octanol–water partition coefficient (Wildman–Crippen LogP) is 1.85. The molecule has 2 heterocycles. The number of rotatable bonds is 1. The van der Waals surface area contributed by atoms with Crippen LogP contribution in [0.5, 0.6) is 0 Å². The molecule has 0 aliphatic carbocycles. The fourth-order valence-corrected chi connectivity index (χ4v) is 1.42. The summed E-state index contributed by atoms with van der Waals surface area (Å²) >= 11 is 0. The summed E-state index contributed by atoms with van der Waals surface area (Å²) in [6.45, 7) is -0.510. The number of alkyl halides is 3. The van der Waals surface area contributed by atoms with Crippen molar-refractivity contribution in [1.29, 1.82) is 0 Å². The first kappa shape index (κ1) is 9.97. The Hall–Kier alpha value is -1.56. The van der Waals surface area contributed by atoms with Crippen LogP contribution in [0.1, 0.15) is 11.5 Å². The van der Waals surface area contributed by atoms with E-state index in [1.165, 1.54) is 18.3 Å². The third-order valence-corrected chi connectivity index (χ3v) is 2.03. The molecular formula is C9H7F3N2O. The highest BCUT2D eigenvalue weighted by Gasteiger charge is 2.36. The average molecular weight is 216 g/mol. The number of halogens is 3. The molecule has 6 heteroatoms. The Morgan fingerprint density at radius 2 is 2.07 bits per heavy atom. The number of nitrogens with zero attached hydrogens (tertiary/aromatic N) is 2. The molecule has 2 aromatic rings. The second-order valence-corrected chi connectivity index (χ2v) is 2.99. The molecule has 0 spiro atoms. The van der Waals surface area contributed by atoms with E-state index < -0.39 is 18.6 Å². The maximum atomic E-state index is 12.5. The third kappa shape index (κ3) is 1.56. The van der Waals surface area contributed by atoms with Gasteiger partial charge >= 0.3 is 6.18 Å². The van der Waals surface area contributed by atoms with E-state index in [1.54, 1.807) is 6.07 Å². The standard InChI is InChI=1S/C9H7F3N2O/c10-9(11,12)8-13-6(5-15)7-3-1-2-4-14(7)8/h1-4,15H,5H2. The minimum Gasteiger partial charge on any atom is -0.390 e. The summed E-state index contributed by atoms with van der Waals surface area (Å²) in [6.07, 6.45) is -3.25. The zero-order chi connectivity index (χ0) is 11.1. The number of hydrogen-bond donors (Lipinski definition) is 1. The van der Waals surface area contributed by atoms with Gasteiger partial charge in [-0.2, -0.15) is 13.2 Å². The Kier molecular flexibility index (Phi) is 2.15. The second-order valence-electron chi connectivity index (χ2n) is 2.99. The lowest BCUT2D eigenvalue weighted by atomic mass is 10.3. The monoisotopic (exact) mass is 216 g/mol. The molecule has 2 rings (SSSR count). The number of aromatic nitrogens is 2. The molecule has 2 aromatic heterocycles. The number of fused-ring (bicyclic) bond motifs is 1. The summed E-state index contributed by atoms with van der Waals surface area (Å²) in [5.74, 6) is -1.01. The molecule has 0 amide bonds. The van der Waals surface area contributed by atoms with Crippen molar-refractivity contribution in [1.82, 2.24) is 9.38 Å². The van der Waals surface area contributed by atoms with Crippen molar-refractivity contribution in [2.24, 2.45) is 0 Å². The van der Waals surface area contributed by atoms with Crippen molar-refractivity contribution in [3.8, 4) is 0 Å². The van der Waals surface area contributed by atoms with Crippen LogP contribution in [0.3, 0.4) is 0 Å². The Labute approximate surface area is 82.8 Å². The van der Waals surface area contributed by atoms with Gasteiger partial charge in [0.2, 0.25) is 5.82 Å². The highest BCUT2D eigenvalue weighted by molar-refractivity contribution is 5.53. The highest BCUT2D eigenvalue weighted by Crippen LogP contribution is 2.29. The van der Waals surface area contributed by atoms with Gasteiger partial charge in [0.1, 0.15) is 0 Å². The molecule has 0 bridgehead atoms. The molecule has 0 aromatic carbocycles. The molecule has 0 saturated carbocycles. The van der Waals surface area contributed by atoms with E-state index in [9.17, 15) is 13.2 Å². The van der Waals surface area contributed by atoms with Crippen LogP contribution in [0.15, 0.2) is 24.4 Å². The van der Waals surface area contributed by atoms with Crippen LogP contribution < -0.4 is 0 Å². The number of aliphatic hydroxyl groups is 1. The van der Waals surface area contributed by atoms with E-state index in [4.69, 9.17) is 5.11 Å². The van der Waals surface area contributed by atoms with Crippen LogP contribution in [0.25, 0.3) is 5.52 Å². The average Bonchev–Trinajstić information content (AvgIpc) is 2.55. The fourth-order valence-electron chi connectivity index (χ4n) is 1.42. The van der Waals surface area contributed by atoms with Crippen molar-refractivity contribution in [2.75, 3.05) is 0 Å². The number of aliphatic hydroxyl groups excluding tert-OH is 1. The molecule has 0 atom stereocenters. The molecule has 0 unspecified atom stereocenters. The molecule has 0 fully saturated rings. The van der Waals surface area contributed by atoms with E-state index in [1.807, 2.05) is 0 Å². The first-order valence-corrected chi connectivity index (χ1v) is 4.18. The molecule has 0 saturated heterocycles. The van der Waals surface area contributed by atoms with Gasteiger partial charge in [-0.05, 0) is 12.1 Å². The van der Waals surface area contributed by atoms with Gasteiger partial charge in [-0.15, -0.1) is 0 Å². The Bertz CT molecular complexity index is 490. The summed E-state index contributed by atoms with van der Waals surface area (Å²) in [4.78, 5) is 3.37. The summed E-state index contributed by atoms with van der Waals surface area (Å²) < 4.78 is 38.4. The number of imidazole rings is 1. The molecule has 3 nitrogen and oxygen atoms in total. The number of pyridine rings is 1. The van der Waals surface area contributed by atoms with Crippen LogP contribution in [0.2, 0.25) is 0 Å². The summed E-state index contributed by atoms with van der Waals surface area (Å²) in [7, 11) is 0. The van der Waals surface area contributed by atoms with Crippen LogP contribution in [-0.2, 0) is 12.8 Å². The van der Waals surface area contributed by atoms with Gasteiger partial charge in [-0.25, -0.2) is 4.98 Å². The SMILES string of the molecule is OCc1nc(C(F)(F)F)n2ccccc12. The second kappa shape index (κ2) is 3.23. The summed E-state index contributed by atoms with van der Waals surface area (Å²) in [5, 5.41) is 8.87. The fraction of sp³-hybridized carbons (Fsp3) is 0.222. The van der Waals surface area contributed by atoms with Crippen molar-refractivity contribution in [3.63, 3.8) is 0 Å². The van der Waals surface area contributed by atoms with Crippen LogP contribution in [0, 0.1) is 0 Å². The van der Waals surface area contributed by atoms with Gasteiger partial charge in [0, 0.05) is 6.20 Å². The van der Waals surface area contributed by atoms with Gasteiger partial charge in [-0.3, -0.25) is 4.40 Å². The molecule has 0 radical (unpaired) electrons. The minimum absolute atomic E-state index is 0.0305. The smallest absolute Gasteiger partial charge is 0.390 e. The molecule has 0 aliphatic rings. The molecule has 1 N–H and O–H groups in total. The normalized spacial score (nSPS) is 12.3. The third-order valence-electron chi connectivity index (χ3n) is 2.03. The maximum Gasteiger partial charge on any atom is 0.450 e. The molecule has 0 aliphatic heterocycles. The summed E-state index contributed by atoms with van der Waals surface area (Å²) in [6, 6.07) is 4.55. The van der Waals surface area contributed by atoms with Gasteiger partial charge in [-0.1, -0.05) is 6.07 Å². The van der Waals surface area contributed by atoms with Crippen LogP contribution in [0.4, 0.5) is 13.2 Å². The van der Waals surface area contributed by atoms with Crippen LogP contribution in [-0.4, -0.2) is 14.5 Å². The van der Waals surface area contributed by atoms with Gasteiger partial charge in [0.15, 0.2) is 0 Å². The zero-order valence-electron chi connectivity index (χ0n) is 7.49. The Balaban J connectivity index is 2.76. The summed E-state index contributed by atoms with van der Waals surface area (Å²) in [5.41, 5.74) is 0.301. The van der Waals surface area contributed by atoms with E-state index >= 15 is 0 Å². The van der Waals surface area contributed by atoms with E-state index in [0.717, 1.165) is 4.40 Å². The van der Waals surface area contributed by atoms with Gasteiger partial charge in [0.25, 0.3) is 0 Å². The molecular weight excluding hydrogens is 209 g/mol. The van der Waals surface area contributed by atoms with Crippen molar-refractivity contribution < 1.29 is 18.3 Å². The van der Waals surface area contributed by atoms with E-state index in [-0.39, 0.29) is 11.2 Å². The lowest BCUT2D eigenvalue weighted by molar-refractivity contribution is -0.145. The van der Waals surface area contributed by atoms with E-state index in [2.05, 4.69) is 4.98 Å². The topological polar surface area (TPSA) is 37.5 Å². The Morgan fingerprint density at radius 1 is 1.33 bits per heavy atom. The quantitative estimate of drug-likeness (QED) is 0.789. The zero-order valence-corrected chi connectivity index (χ0v) is 7.49. The maximum absolute atomic E-state index is 12.5. The Morgan fingerprint density at radius 3 is 2.67 bits per heavy atom. The van der Waals surface area contributed by atoms with Gasteiger partial charge in [0.05, 0.1) is 17.8 Å². The number of hydrogen-bond acceptors (Lipinski definition) is 2. The lowest BCUT2D eigenvalue weighted by Crippen LogP contribution is -2.10. The molecule has 80 valence electrons. The first-order valence-electron chi connectivity index (χ1n) is 4.18.